The minimum Gasteiger partial charge on any atom is -0.367 e. The number of rotatable bonds is 10. The summed E-state index contributed by atoms with van der Waals surface area (Å²) in [6.07, 6.45) is 4.53. The summed E-state index contributed by atoms with van der Waals surface area (Å²) in [6, 6.07) is 0. The SMILES string of the molecule is CNC(=O)CCC1(O)C=CC(=O)N1CCCCCC(=O)ON1C(=O)CCC1=O. The maximum absolute atomic E-state index is 12.0. The summed E-state index contributed by atoms with van der Waals surface area (Å²) >= 11 is 0. The fourth-order valence-corrected chi connectivity index (χ4v) is 3.04. The summed E-state index contributed by atoms with van der Waals surface area (Å²) in [4.78, 5) is 63.9. The normalized spacial score (nSPS) is 21.6. The van der Waals surface area contributed by atoms with Crippen LogP contribution in [-0.2, 0) is 28.8 Å². The molecular formula is C18H25N3O7. The predicted molar refractivity (Wildman–Crippen MR) is 94.8 cm³/mol. The third-order valence-electron chi connectivity index (χ3n) is 4.69. The van der Waals surface area contributed by atoms with Crippen molar-refractivity contribution in [2.45, 2.75) is 57.1 Å². The number of amides is 4. The molecular weight excluding hydrogens is 370 g/mol. The highest BCUT2D eigenvalue weighted by Gasteiger charge is 2.39. The quantitative estimate of drug-likeness (QED) is 0.385. The van der Waals surface area contributed by atoms with E-state index in [1.165, 1.54) is 24.1 Å². The summed E-state index contributed by atoms with van der Waals surface area (Å²) in [5.41, 5.74) is -1.49. The van der Waals surface area contributed by atoms with Crippen LogP contribution in [0.1, 0.15) is 51.4 Å². The second kappa shape index (κ2) is 9.45. The zero-order valence-electron chi connectivity index (χ0n) is 15.8. The Labute approximate surface area is 162 Å². The van der Waals surface area contributed by atoms with E-state index in [1.54, 1.807) is 0 Å². The van der Waals surface area contributed by atoms with E-state index in [2.05, 4.69) is 5.32 Å². The number of hydrogen-bond donors (Lipinski definition) is 2. The van der Waals surface area contributed by atoms with E-state index < -0.39 is 23.5 Å². The Balaban J connectivity index is 1.69. The van der Waals surface area contributed by atoms with Crippen molar-refractivity contribution in [3.05, 3.63) is 12.2 Å². The van der Waals surface area contributed by atoms with Crippen molar-refractivity contribution in [1.29, 1.82) is 0 Å². The Morgan fingerprint density at radius 2 is 1.82 bits per heavy atom. The lowest BCUT2D eigenvalue weighted by atomic mass is 10.1. The van der Waals surface area contributed by atoms with Gasteiger partial charge in [-0.1, -0.05) is 6.42 Å². The number of nitrogens with one attached hydrogen (secondary N) is 1. The van der Waals surface area contributed by atoms with Crippen molar-refractivity contribution in [2.75, 3.05) is 13.6 Å². The van der Waals surface area contributed by atoms with Crippen LogP contribution in [0.25, 0.3) is 0 Å². The molecule has 1 fully saturated rings. The number of carbonyl (C=O) groups excluding carboxylic acids is 5. The molecule has 28 heavy (non-hydrogen) atoms. The monoisotopic (exact) mass is 395 g/mol. The van der Waals surface area contributed by atoms with Crippen LogP contribution >= 0.6 is 0 Å². The first-order chi connectivity index (χ1) is 13.3. The van der Waals surface area contributed by atoms with Gasteiger partial charge < -0.3 is 20.2 Å². The first kappa shape index (κ1) is 21.5. The number of aliphatic hydroxyl groups is 1. The van der Waals surface area contributed by atoms with E-state index in [0.717, 1.165) is 0 Å². The van der Waals surface area contributed by atoms with Gasteiger partial charge in [0.2, 0.25) is 11.8 Å². The molecule has 1 unspecified atom stereocenters. The Morgan fingerprint density at radius 3 is 2.46 bits per heavy atom. The third kappa shape index (κ3) is 5.38. The van der Waals surface area contributed by atoms with Crippen LogP contribution in [-0.4, -0.2) is 64.0 Å². The molecule has 2 N–H and O–H groups in total. The molecule has 154 valence electrons. The minimum atomic E-state index is -1.49. The molecule has 0 aliphatic carbocycles. The molecule has 0 aromatic heterocycles. The molecule has 2 aliphatic rings. The lowest BCUT2D eigenvalue weighted by Crippen LogP contribution is -2.47. The number of hydrogen-bond acceptors (Lipinski definition) is 7. The molecule has 10 nitrogen and oxygen atoms in total. The van der Waals surface area contributed by atoms with Crippen LogP contribution in [0.4, 0.5) is 0 Å². The highest BCUT2D eigenvalue weighted by molar-refractivity contribution is 6.01. The van der Waals surface area contributed by atoms with Crippen molar-refractivity contribution < 1.29 is 33.9 Å². The van der Waals surface area contributed by atoms with E-state index in [1.807, 2.05) is 0 Å². The van der Waals surface area contributed by atoms with Gasteiger partial charge in [-0.25, -0.2) is 4.79 Å². The topological polar surface area (TPSA) is 133 Å². The van der Waals surface area contributed by atoms with Crippen LogP contribution in [0, 0.1) is 0 Å². The van der Waals surface area contributed by atoms with Crippen molar-refractivity contribution in [2.24, 2.45) is 0 Å². The number of hydroxylamine groups is 2. The fraction of sp³-hybridized carbons (Fsp3) is 0.611. The van der Waals surface area contributed by atoms with Gasteiger partial charge in [0.25, 0.3) is 11.8 Å². The maximum atomic E-state index is 12.0. The van der Waals surface area contributed by atoms with Crippen molar-refractivity contribution in [1.82, 2.24) is 15.3 Å². The van der Waals surface area contributed by atoms with Crippen LogP contribution < -0.4 is 5.32 Å². The number of imide groups is 1. The summed E-state index contributed by atoms with van der Waals surface area (Å²) in [5.74, 6) is -2.26. The molecule has 2 aliphatic heterocycles. The smallest absolute Gasteiger partial charge is 0.333 e. The summed E-state index contributed by atoms with van der Waals surface area (Å²) < 4.78 is 0. The van der Waals surface area contributed by atoms with E-state index in [9.17, 15) is 29.1 Å². The Morgan fingerprint density at radius 1 is 1.14 bits per heavy atom. The van der Waals surface area contributed by atoms with Crippen LogP contribution in [0.3, 0.4) is 0 Å². The van der Waals surface area contributed by atoms with Gasteiger partial charge in [0, 0.05) is 51.8 Å². The highest BCUT2D eigenvalue weighted by Crippen LogP contribution is 2.27. The van der Waals surface area contributed by atoms with E-state index in [0.29, 0.717) is 24.3 Å². The van der Waals surface area contributed by atoms with Crippen LogP contribution in [0.15, 0.2) is 12.2 Å². The van der Waals surface area contributed by atoms with E-state index >= 15 is 0 Å². The van der Waals surface area contributed by atoms with Crippen molar-refractivity contribution in [3.8, 4) is 0 Å². The average molecular weight is 395 g/mol. The van der Waals surface area contributed by atoms with Gasteiger partial charge in [-0.3, -0.25) is 19.2 Å². The molecule has 0 radical (unpaired) electrons. The summed E-state index contributed by atoms with van der Waals surface area (Å²) in [5, 5.41) is 13.6. The zero-order valence-corrected chi connectivity index (χ0v) is 15.8. The number of carbonyl (C=O) groups is 5. The van der Waals surface area contributed by atoms with Crippen molar-refractivity contribution >= 4 is 29.6 Å². The highest BCUT2D eigenvalue weighted by atomic mass is 16.7. The maximum Gasteiger partial charge on any atom is 0.333 e. The van der Waals surface area contributed by atoms with Gasteiger partial charge in [0.15, 0.2) is 5.72 Å². The molecule has 0 saturated carbocycles. The molecule has 0 aromatic carbocycles. The Hall–Kier alpha value is -2.75. The van der Waals surface area contributed by atoms with Crippen molar-refractivity contribution in [3.63, 3.8) is 0 Å². The standard InChI is InChI=1S/C18H25N3O7/c1-19-13(22)8-10-18(27)11-9-14(23)20(18)12-4-2-3-5-17(26)28-21-15(24)6-7-16(21)25/h9,11,27H,2-8,10,12H2,1H3,(H,19,22). The van der Waals surface area contributed by atoms with Gasteiger partial charge in [-0.05, 0) is 18.9 Å². The second-order valence-electron chi connectivity index (χ2n) is 6.73. The van der Waals surface area contributed by atoms with E-state index in [4.69, 9.17) is 4.84 Å². The molecule has 4 amide bonds. The van der Waals surface area contributed by atoms with E-state index in [-0.39, 0.29) is 50.5 Å². The van der Waals surface area contributed by atoms with Gasteiger partial charge in [0.05, 0.1) is 0 Å². The minimum absolute atomic E-state index is 0.0319. The fourth-order valence-electron chi connectivity index (χ4n) is 3.04. The second-order valence-corrected chi connectivity index (χ2v) is 6.73. The van der Waals surface area contributed by atoms with Gasteiger partial charge in [-0.15, -0.1) is 5.06 Å². The average Bonchev–Trinajstić information content (AvgIpc) is 3.13. The zero-order chi connectivity index (χ0) is 20.7. The lowest BCUT2D eigenvalue weighted by molar-refractivity contribution is -0.197. The molecule has 1 atom stereocenters. The van der Waals surface area contributed by atoms with Gasteiger partial charge >= 0.3 is 5.97 Å². The van der Waals surface area contributed by atoms with Gasteiger partial charge in [0.1, 0.15) is 0 Å². The first-order valence-corrected chi connectivity index (χ1v) is 9.27. The van der Waals surface area contributed by atoms with Gasteiger partial charge in [-0.2, -0.15) is 0 Å². The molecule has 2 heterocycles. The number of unbranched alkanes of at least 4 members (excludes halogenated alkanes) is 2. The lowest BCUT2D eigenvalue weighted by Gasteiger charge is -2.33. The molecule has 2 rings (SSSR count). The third-order valence-corrected chi connectivity index (χ3v) is 4.69. The molecule has 0 aromatic rings. The first-order valence-electron chi connectivity index (χ1n) is 9.27. The molecule has 0 spiro atoms. The van der Waals surface area contributed by atoms with Crippen LogP contribution in [0.5, 0.6) is 0 Å². The summed E-state index contributed by atoms with van der Waals surface area (Å²) in [6.45, 7) is 0.272. The Kier molecular flexibility index (Phi) is 7.27. The predicted octanol–water partition coefficient (Wildman–Crippen LogP) is -0.233. The Bertz CT molecular complexity index is 675. The largest absolute Gasteiger partial charge is 0.367 e. The molecule has 10 heteroatoms. The molecule has 1 saturated heterocycles. The molecule has 0 bridgehead atoms. The summed E-state index contributed by atoms with van der Waals surface area (Å²) in [7, 11) is 1.50. The number of nitrogens with zero attached hydrogens (tertiary/aromatic N) is 2. The van der Waals surface area contributed by atoms with Crippen LogP contribution in [0.2, 0.25) is 0 Å².